The summed E-state index contributed by atoms with van der Waals surface area (Å²) in [5.74, 6) is 1.06. The van der Waals surface area contributed by atoms with Gasteiger partial charge in [0.15, 0.2) is 17.3 Å². The van der Waals surface area contributed by atoms with Crippen LogP contribution in [0.25, 0.3) is 45.4 Å². The number of nitrogens with zero attached hydrogens (tertiary/aromatic N) is 6. The van der Waals surface area contributed by atoms with Crippen molar-refractivity contribution in [2.45, 2.75) is 13.5 Å². The zero-order valence-electron chi connectivity index (χ0n) is 19.6. The normalized spacial score (nSPS) is 11.2. The number of aromatic nitrogens is 6. The van der Waals surface area contributed by atoms with Crippen LogP contribution < -0.4 is 11.1 Å². The van der Waals surface area contributed by atoms with Crippen molar-refractivity contribution in [3.8, 4) is 34.4 Å². The number of aryl methyl sites for hydroxylation is 1. The number of rotatable bonds is 6. The Balaban J connectivity index is 1.26. The highest BCUT2D eigenvalue weighted by atomic mass is 16.6. The van der Waals surface area contributed by atoms with Gasteiger partial charge in [-0.1, -0.05) is 47.6 Å². The van der Waals surface area contributed by atoms with Gasteiger partial charge in [-0.05, 0) is 53.1 Å². The number of para-hydroxylation sites is 2. The van der Waals surface area contributed by atoms with Gasteiger partial charge in [0.05, 0.1) is 11.0 Å². The molecule has 3 aromatic heterocycles. The highest BCUT2D eigenvalue weighted by Gasteiger charge is 2.21. The van der Waals surface area contributed by atoms with E-state index in [2.05, 4.69) is 30.8 Å². The van der Waals surface area contributed by atoms with E-state index in [-0.39, 0.29) is 24.0 Å². The molecule has 0 saturated carbocycles. The van der Waals surface area contributed by atoms with E-state index in [9.17, 15) is 4.79 Å². The molecule has 0 fully saturated rings. The van der Waals surface area contributed by atoms with Crippen molar-refractivity contribution in [2.24, 2.45) is 0 Å². The lowest BCUT2D eigenvalue weighted by Gasteiger charge is -2.09. The lowest BCUT2D eigenvalue weighted by atomic mass is 10.1. The zero-order chi connectivity index (χ0) is 25.4. The van der Waals surface area contributed by atoms with Crippen LogP contribution in [-0.2, 0) is 11.3 Å². The minimum Gasteiger partial charge on any atom is -0.379 e. The smallest absolute Gasteiger partial charge is 0.258 e. The van der Waals surface area contributed by atoms with E-state index in [1.54, 1.807) is 16.7 Å². The molecule has 3 heterocycles. The van der Waals surface area contributed by atoms with Crippen LogP contribution in [0.2, 0.25) is 0 Å². The average molecular weight is 492 g/mol. The molecule has 0 spiro atoms. The van der Waals surface area contributed by atoms with E-state index in [0.717, 1.165) is 16.6 Å². The molecule has 37 heavy (non-hydrogen) atoms. The number of imidazole rings is 1. The standard InChI is InChI=1S/C26H20N8O3/c1-15-7-2-3-10-18(15)26-30-24(33-36-26)16-8-6-9-17(13-16)28-21(35)14-34-20-12-5-4-11-19(20)29-25(34)22-23(27)32-37-31-22/h2-13H,14H2,1H3,(H2,27,32)(H,28,35). The second-order valence-corrected chi connectivity index (χ2v) is 8.38. The second kappa shape index (κ2) is 9.04. The van der Waals surface area contributed by atoms with Gasteiger partial charge in [-0.2, -0.15) is 4.98 Å². The molecule has 0 aliphatic rings. The summed E-state index contributed by atoms with van der Waals surface area (Å²) in [5, 5.41) is 14.5. The fourth-order valence-electron chi connectivity index (χ4n) is 4.11. The first-order valence-corrected chi connectivity index (χ1v) is 11.4. The first-order valence-electron chi connectivity index (χ1n) is 11.4. The number of hydrogen-bond acceptors (Lipinski definition) is 9. The van der Waals surface area contributed by atoms with E-state index in [4.69, 9.17) is 14.9 Å². The number of hydrogen-bond donors (Lipinski definition) is 2. The first-order chi connectivity index (χ1) is 18.1. The van der Waals surface area contributed by atoms with Gasteiger partial charge in [0.2, 0.25) is 11.7 Å². The number of carbonyl (C=O) groups excluding carboxylic acids is 1. The van der Waals surface area contributed by atoms with Crippen molar-refractivity contribution in [1.29, 1.82) is 0 Å². The molecule has 6 rings (SSSR count). The molecule has 0 bridgehead atoms. The molecule has 3 N–H and O–H groups in total. The Kier molecular flexibility index (Phi) is 5.41. The molecule has 0 saturated heterocycles. The van der Waals surface area contributed by atoms with E-state index in [1.165, 1.54) is 0 Å². The van der Waals surface area contributed by atoms with E-state index in [0.29, 0.717) is 34.3 Å². The Hall–Kier alpha value is -5.32. The quantitative estimate of drug-likeness (QED) is 0.346. The number of nitrogens with one attached hydrogen (secondary N) is 1. The molecule has 0 atom stereocenters. The van der Waals surface area contributed by atoms with Crippen molar-refractivity contribution in [1.82, 2.24) is 30.0 Å². The summed E-state index contributed by atoms with van der Waals surface area (Å²) < 4.78 is 12.0. The summed E-state index contributed by atoms with van der Waals surface area (Å²) >= 11 is 0. The largest absolute Gasteiger partial charge is 0.379 e. The van der Waals surface area contributed by atoms with Crippen LogP contribution in [0.4, 0.5) is 11.5 Å². The van der Waals surface area contributed by atoms with Crippen molar-refractivity contribution in [3.05, 3.63) is 78.4 Å². The Bertz CT molecular complexity index is 1750. The third-order valence-electron chi connectivity index (χ3n) is 5.89. The molecular weight excluding hydrogens is 472 g/mol. The first kappa shape index (κ1) is 22.2. The van der Waals surface area contributed by atoms with Crippen molar-refractivity contribution in [3.63, 3.8) is 0 Å². The monoisotopic (exact) mass is 492 g/mol. The Morgan fingerprint density at radius 2 is 1.81 bits per heavy atom. The number of anilines is 2. The Morgan fingerprint density at radius 1 is 0.973 bits per heavy atom. The van der Waals surface area contributed by atoms with Crippen LogP contribution in [0.5, 0.6) is 0 Å². The van der Waals surface area contributed by atoms with Crippen molar-refractivity contribution >= 4 is 28.4 Å². The Labute approximate surface area is 209 Å². The zero-order valence-corrected chi connectivity index (χ0v) is 19.6. The lowest BCUT2D eigenvalue weighted by Crippen LogP contribution is -2.19. The van der Waals surface area contributed by atoms with Gasteiger partial charge in [0.1, 0.15) is 6.54 Å². The summed E-state index contributed by atoms with van der Waals surface area (Å²) in [5.41, 5.74) is 10.8. The fraction of sp³-hybridized carbons (Fsp3) is 0.0769. The second-order valence-electron chi connectivity index (χ2n) is 8.38. The molecule has 182 valence electrons. The molecule has 0 aliphatic carbocycles. The van der Waals surface area contributed by atoms with Crippen molar-refractivity contribution < 1.29 is 13.9 Å². The Morgan fingerprint density at radius 3 is 2.65 bits per heavy atom. The predicted octanol–water partition coefficient (Wildman–Crippen LogP) is 4.33. The lowest BCUT2D eigenvalue weighted by molar-refractivity contribution is -0.116. The number of nitrogens with two attached hydrogens (primary N) is 1. The van der Waals surface area contributed by atoms with Crippen LogP contribution in [0.15, 0.2) is 81.9 Å². The summed E-state index contributed by atoms with van der Waals surface area (Å²) in [7, 11) is 0. The highest BCUT2D eigenvalue weighted by molar-refractivity contribution is 5.93. The molecule has 6 aromatic rings. The SMILES string of the molecule is Cc1ccccc1-c1nc(-c2cccc(NC(=O)Cn3c(-c4nonc4N)nc4ccccc43)c2)no1. The van der Waals surface area contributed by atoms with Gasteiger partial charge >= 0.3 is 0 Å². The third kappa shape index (κ3) is 4.18. The van der Waals surface area contributed by atoms with Crippen LogP contribution >= 0.6 is 0 Å². The van der Waals surface area contributed by atoms with Crippen LogP contribution in [-0.4, -0.2) is 35.9 Å². The van der Waals surface area contributed by atoms with E-state index in [1.807, 2.05) is 67.6 Å². The third-order valence-corrected chi connectivity index (χ3v) is 5.89. The maximum Gasteiger partial charge on any atom is 0.258 e. The number of carbonyl (C=O) groups is 1. The van der Waals surface area contributed by atoms with E-state index >= 15 is 0 Å². The van der Waals surface area contributed by atoms with Gasteiger partial charge in [-0.15, -0.1) is 0 Å². The van der Waals surface area contributed by atoms with Gasteiger partial charge in [-0.25, -0.2) is 9.61 Å². The molecular formula is C26H20N8O3. The van der Waals surface area contributed by atoms with Gasteiger partial charge in [-0.3, -0.25) is 4.79 Å². The molecule has 0 radical (unpaired) electrons. The topological polar surface area (TPSA) is 151 Å². The molecule has 11 nitrogen and oxygen atoms in total. The van der Waals surface area contributed by atoms with E-state index < -0.39 is 0 Å². The fourth-order valence-corrected chi connectivity index (χ4v) is 4.11. The summed E-state index contributed by atoms with van der Waals surface area (Å²) in [6.07, 6.45) is 0. The van der Waals surface area contributed by atoms with Crippen molar-refractivity contribution in [2.75, 3.05) is 11.1 Å². The predicted molar refractivity (Wildman–Crippen MR) is 136 cm³/mol. The molecule has 0 unspecified atom stereocenters. The number of nitrogen functional groups attached to an aromatic ring is 1. The minimum absolute atomic E-state index is 0.0357. The molecule has 11 heteroatoms. The number of benzene rings is 3. The van der Waals surface area contributed by atoms with Crippen LogP contribution in [0, 0.1) is 6.92 Å². The molecule has 1 amide bonds. The average Bonchev–Trinajstić information content (AvgIpc) is 3.64. The maximum atomic E-state index is 13.1. The summed E-state index contributed by atoms with van der Waals surface area (Å²) in [6, 6.07) is 22.5. The van der Waals surface area contributed by atoms with Gasteiger partial charge in [0.25, 0.3) is 5.89 Å². The maximum absolute atomic E-state index is 13.1. The summed E-state index contributed by atoms with van der Waals surface area (Å²) in [6.45, 7) is 1.95. The van der Waals surface area contributed by atoms with Crippen LogP contribution in [0.1, 0.15) is 5.56 Å². The summed E-state index contributed by atoms with van der Waals surface area (Å²) in [4.78, 5) is 22.2. The molecule has 3 aromatic carbocycles. The minimum atomic E-state index is -0.273. The molecule has 0 aliphatic heterocycles. The van der Waals surface area contributed by atoms with Crippen LogP contribution in [0.3, 0.4) is 0 Å². The highest BCUT2D eigenvalue weighted by Crippen LogP contribution is 2.28. The number of fused-ring (bicyclic) bond motifs is 1. The van der Waals surface area contributed by atoms with Gasteiger partial charge in [0, 0.05) is 16.8 Å². The number of amides is 1. The van der Waals surface area contributed by atoms with Gasteiger partial charge < -0.3 is 20.1 Å².